The lowest BCUT2D eigenvalue weighted by molar-refractivity contribution is 0.0772. The molecule has 4 nitrogen and oxygen atoms in total. The van der Waals surface area contributed by atoms with Gasteiger partial charge in [-0.15, -0.1) is 0 Å². The minimum atomic E-state index is -0.216. The Hall–Kier alpha value is -2.66. The molecule has 1 amide bonds. The summed E-state index contributed by atoms with van der Waals surface area (Å²) in [6, 6.07) is 16.1. The zero-order valence-corrected chi connectivity index (χ0v) is 17.7. The van der Waals surface area contributed by atoms with Gasteiger partial charge in [0.1, 0.15) is 0 Å². The van der Waals surface area contributed by atoms with Crippen molar-refractivity contribution in [1.29, 1.82) is 5.41 Å². The smallest absolute Gasteiger partial charge is 0.253 e. The van der Waals surface area contributed by atoms with Gasteiger partial charge in [0.05, 0.1) is 9.52 Å². The molecule has 1 heterocycles. The molecule has 0 fully saturated rings. The van der Waals surface area contributed by atoms with Gasteiger partial charge in [-0.1, -0.05) is 48.5 Å². The highest BCUT2D eigenvalue weighted by atomic mass is 28.2. The van der Waals surface area contributed by atoms with E-state index in [1.54, 1.807) is 0 Å². The molecule has 2 aromatic rings. The molecule has 140 valence electrons. The van der Waals surface area contributed by atoms with Crippen LogP contribution in [0, 0.1) is 5.41 Å². The van der Waals surface area contributed by atoms with Gasteiger partial charge in [-0.2, -0.15) is 0 Å². The maximum absolute atomic E-state index is 12.7. The molecule has 0 radical (unpaired) electrons. The number of hydrogen-bond donors (Lipinski definition) is 2. The van der Waals surface area contributed by atoms with E-state index in [9.17, 15) is 4.79 Å². The first-order valence-corrected chi connectivity index (χ1v) is 11.2. The second-order valence-corrected chi connectivity index (χ2v) is 9.38. The van der Waals surface area contributed by atoms with Gasteiger partial charge in [-0.25, -0.2) is 0 Å². The summed E-state index contributed by atoms with van der Waals surface area (Å²) in [6.45, 7) is 2.93. The van der Waals surface area contributed by atoms with Crippen molar-refractivity contribution < 1.29 is 4.79 Å². The van der Waals surface area contributed by atoms with Gasteiger partial charge >= 0.3 is 0 Å². The molecule has 0 bridgehead atoms. The van der Waals surface area contributed by atoms with Gasteiger partial charge in [0.15, 0.2) is 0 Å². The number of likely N-dealkylation sites (N-methyl/N-ethyl adjacent to an activating group) is 1. The molecule has 5 heteroatoms. The van der Waals surface area contributed by atoms with E-state index in [1.807, 2.05) is 37.3 Å². The van der Waals surface area contributed by atoms with E-state index in [-0.39, 0.29) is 21.3 Å². The van der Waals surface area contributed by atoms with Crippen LogP contribution >= 0.6 is 0 Å². The molecule has 3 rings (SSSR count). The quantitative estimate of drug-likeness (QED) is 0.600. The average Bonchev–Trinajstić information content (AvgIpc) is 2.69. The molecule has 27 heavy (non-hydrogen) atoms. The summed E-state index contributed by atoms with van der Waals surface area (Å²) in [6.07, 6.45) is 3.16. The van der Waals surface area contributed by atoms with Crippen LogP contribution < -0.4 is 10.5 Å². The summed E-state index contributed by atoms with van der Waals surface area (Å²) in [5.74, 6) is 0.232. The Bertz CT molecular complexity index is 891. The molecule has 0 saturated carbocycles. The average molecular weight is 378 g/mol. The molecule has 1 atom stereocenters. The van der Waals surface area contributed by atoms with E-state index in [0.29, 0.717) is 6.54 Å². The number of carbonyl (C=O) groups excluding carboxylic acids is 1. The molecular weight excluding hydrogens is 350 g/mol. The number of amides is 1. The Labute approximate surface area is 163 Å². The first-order valence-electron chi connectivity index (χ1n) is 9.45. The number of allylic oxidation sites excluding steroid dienone is 1. The molecule has 2 N–H and O–H groups in total. The third-order valence-electron chi connectivity index (χ3n) is 5.14. The van der Waals surface area contributed by atoms with Crippen LogP contribution in [0.5, 0.6) is 0 Å². The third kappa shape index (κ3) is 3.88. The molecule has 0 spiro atoms. The van der Waals surface area contributed by atoms with Crippen LogP contribution in [0.3, 0.4) is 0 Å². The Morgan fingerprint density at radius 1 is 1.33 bits per heavy atom. The molecule has 1 aliphatic heterocycles. The lowest BCUT2D eigenvalue weighted by atomic mass is 9.83. The van der Waals surface area contributed by atoms with Crippen LogP contribution in [0.1, 0.15) is 39.9 Å². The van der Waals surface area contributed by atoms with Crippen LogP contribution in [0.15, 0.2) is 48.7 Å². The normalized spacial score (nSPS) is 17.3. The van der Waals surface area contributed by atoms with Gasteiger partial charge in [0, 0.05) is 50.1 Å². The van der Waals surface area contributed by atoms with E-state index in [4.69, 9.17) is 5.41 Å². The van der Waals surface area contributed by atoms with E-state index in [1.165, 1.54) is 23.0 Å². The summed E-state index contributed by atoms with van der Waals surface area (Å²) < 4.78 is 0. The Morgan fingerprint density at radius 3 is 2.85 bits per heavy atom. The Kier molecular flexibility index (Phi) is 5.91. The van der Waals surface area contributed by atoms with Gasteiger partial charge in [0.25, 0.3) is 5.91 Å². The zero-order valence-electron chi connectivity index (χ0n) is 16.3. The Balaban J connectivity index is 2.11. The largest absolute Gasteiger partial charge is 0.393 e. The van der Waals surface area contributed by atoms with Crippen LogP contribution in [0.2, 0.25) is 6.04 Å². The highest BCUT2D eigenvalue weighted by molar-refractivity contribution is 6.53. The standard InChI is InChI=1S/C22H27N3OSi/c1-4-27-18-7-5-6-16(10-18)21-14-25(3)22(26)19-9-8-15(11-20(19)21)17(12-23)13-24-2/h5-13,21,23-24H,4,14,27H2,1-3H3/b17-13+,23-12?. The third-order valence-corrected chi connectivity index (χ3v) is 6.66. The molecule has 1 unspecified atom stereocenters. The number of fused-ring (bicyclic) bond motifs is 1. The van der Waals surface area contributed by atoms with Crippen molar-refractivity contribution in [2.45, 2.75) is 18.9 Å². The fourth-order valence-electron chi connectivity index (χ4n) is 3.79. The molecule has 0 aromatic heterocycles. The lowest BCUT2D eigenvalue weighted by Gasteiger charge is -2.33. The summed E-state index contributed by atoms with van der Waals surface area (Å²) in [5.41, 5.74) is 4.87. The van der Waals surface area contributed by atoms with Crippen LogP contribution in [0.4, 0.5) is 0 Å². The Morgan fingerprint density at radius 2 is 2.15 bits per heavy atom. The number of nitrogens with one attached hydrogen (secondary N) is 2. The van der Waals surface area contributed by atoms with Gasteiger partial charge in [-0.05, 0) is 28.8 Å². The van der Waals surface area contributed by atoms with Crippen molar-refractivity contribution in [2.75, 3.05) is 20.6 Å². The van der Waals surface area contributed by atoms with Crippen molar-refractivity contribution in [1.82, 2.24) is 10.2 Å². The second kappa shape index (κ2) is 8.35. The number of benzene rings is 2. The van der Waals surface area contributed by atoms with Crippen molar-refractivity contribution in [3.05, 3.63) is 70.9 Å². The predicted molar refractivity (Wildman–Crippen MR) is 116 cm³/mol. The first kappa shape index (κ1) is 19.1. The number of hydrogen-bond acceptors (Lipinski definition) is 3. The van der Waals surface area contributed by atoms with Crippen molar-refractivity contribution in [3.63, 3.8) is 0 Å². The van der Waals surface area contributed by atoms with Crippen molar-refractivity contribution >= 4 is 32.4 Å². The molecule has 0 saturated heterocycles. The fourth-order valence-corrected chi connectivity index (χ4v) is 5.05. The summed E-state index contributed by atoms with van der Waals surface area (Å²) in [5, 5.41) is 12.2. The zero-order chi connectivity index (χ0) is 19.4. The molecule has 1 aliphatic rings. The fraction of sp³-hybridized carbons (Fsp3) is 0.273. The summed E-state index contributed by atoms with van der Waals surface area (Å²) >= 11 is 0. The lowest BCUT2D eigenvalue weighted by Crippen LogP contribution is -2.37. The number of carbonyl (C=O) groups is 1. The number of rotatable bonds is 6. The molecule has 2 aromatic carbocycles. The van der Waals surface area contributed by atoms with Crippen LogP contribution in [-0.4, -0.2) is 47.2 Å². The SMILES string of the molecule is CC[SiH2]c1cccc(C2CN(C)C(=O)c3ccc(/C(C=N)=C/NC)cc32)c1. The van der Waals surface area contributed by atoms with Gasteiger partial charge < -0.3 is 15.6 Å². The first-order chi connectivity index (χ1) is 13.1. The summed E-state index contributed by atoms with van der Waals surface area (Å²) in [4.78, 5) is 14.5. The highest BCUT2D eigenvalue weighted by Gasteiger charge is 2.30. The molecular formula is C22H27N3OSi. The van der Waals surface area contributed by atoms with E-state index < -0.39 is 0 Å². The second-order valence-electron chi connectivity index (χ2n) is 7.07. The summed E-state index contributed by atoms with van der Waals surface area (Å²) in [7, 11) is 3.49. The number of nitrogens with zero attached hydrogens (tertiary/aromatic N) is 1. The maximum Gasteiger partial charge on any atom is 0.253 e. The van der Waals surface area contributed by atoms with E-state index in [0.717, 1.165) is 22.3 Å². The van der Waals surface area contributed by atoms with Crippen LogP contribution in [0.25, 0.3) is 5.57 Å². The minimum absolute atomic E-state index is 0.0703. The van der Waals surface area contributed by atoms with E-state index >= 15 is 0 Å². The van der Waals surface area contributed by atoms with Crippen LogP contribution in [-0.2, 0) is 0 Å². The monoisotopic (exact) mass is 377 g/mol. The topological polar surface area (TPSA) is 56.2 Å². The van der Waals surface area contributed by atoms with Gasteiger partial charge in [-0.3, -0.25) is 4.79 Å². The van der Waals surface area contributed by atoms with E-state index in [2.05, 4.69) is 42.6 Å². The minimum Gasteiger partial charge on any atom is -0.393 e. The predicted octanol–water partition coefficient (Wildman–Crippen LogP) is 2.35. The van der Waals surface area contributed by atoms with Crippen molar-refractivity contribution in [2.24, 2.45) is 0 Å². The van der Waals surface area contributed by atoms with Crippen molar-refractivity contribution in [3.8, 4) is 0 Å². The maximum atomic E-state index is 12.7. The highest BCUT2D eigenvalue weighted by Crippen LogP contribution is 2.34. The molecule has 0 aliphatic carbocycles. The van der Waals surface area contributed by atoms with Gasteiger partial charge in [0.2, 0.25) is 0 Å².